The molecular weight excluding hydrogens is 320 g/mol. The smallest absolute Gasteiger partial charge is 0.414 e. The van der Waals surface area contributed by atoms with E-state index in [1.807, 2.05) is 42.5 Å². The quantitative estimate of drug-likeness (QED) is 0.790. The zero-order valence-corrected chi connectivity index (χ0v) is 12.3. The second kappa shape index (κ2) is 5.63. The van der Waals surface area contributed by atoms with Gasteiger partial charge in [-0.3, -0.25) is 4.90 Å². The van der Waals surface area contributed by atoms with Gasteiger partial charge in [0.25, 0.3) is 0 Å². The zero-order valence-electron chi connectivity index (χ0n) is 10.8. The van der Waals surface area contributed by atoms with Gasteiger partial charge in [0.1, 0.15) is 11.2 Å². The summed E-state index contributed by atoms with van der Waals surface area (Å²) in [6.45, 7) is 0.905. The second-order valence-corrected chi connectivity index (χ2v) is 5.35. The van der Waals surface area contributed by atoms with E-state index in [-0.39, 0.29) is 12.7 Å². The Morgan fingerprint density at radius 1 is 1.25 bits per heavy atom. The molecule has 0 fully saturated rings. The molecule has 1 amide bonds. The molecule has 0 saturated carbocycles. The Morgan fingerprint density at radius 2 is 2.05 bits per heavy atom. The molecule has 0 atom stereocenters. The molecule has 0 N–H and O–H groups in total. The lowest BCUT2D eigenvalue weighted by molar-refractivity contribution is 0.147. The lowest BCUT2D eigenvalue weighted by Crippen LogP contribution is -2.29. The Balaban J connectivity index is 1.68. The van der Waals surface area contributed by atoms with Crippen molar-refractivity contribution in [2.24, 2.45) is 0 Å². The molecule has 0 aliphatic carbocycles. The molecule has 0 bridgehead atoms. The predicted octanol–water partition coefficient (Wildman–Crippen LogP) is 3.54. The van der Waals surface area contributed by atoms with Crippen LogP contribution in [0, 0.1) is 0 Å². The second-order valence-electron chi connectivity index (χ2n) is 4.54. The average molecular weight is 333 g/mol. The number of fused-ring (bicyclic) bond motifs is 1. The van der Waals surface area contributed by atoms with Crippen LogP contribution in [0.5, 0.6) is 0 Å². The van der Waals surface area contributed by atoms with Crippen LogP contribution in [0.4, 0.5) is 10.5 Å². The molecule has 3 rings (SSSR count). The fraction of sp³-hybridized carbons (Fsp3) is 0.200. The van der Waals surface area contributed by atoms with Crippen molar-refractivity contribution in [3.8, 4) is 0 Å². The summed E-state index contributed by atoms with van der Waals surface area (Å²) in [4.78, 5) is 18.1. The summed E-state index contributed by atoms with van der Waals surface area (Å²) in [5, 5.41) is 0. The normalized spacial score (nSPS) is 13.2. The molecule has 1 aliphatic rings. The Kier molecular flexibility index (Phi) is 3.69. The number of nitrogens with zero attached hydrogens (tertiary/aromatic N) is 2. The molecule has 1 aromatic heterocycles. The standard InChI is InChI=1S/C15H13BrN2O2/c16-14-7-6-13-12(17-14)8-9-18(13)15(19)20-10-11-4-2-1-3-5-11/h1-7H,8-10H2. The highest BCUT2D eigenvalue weighted by Crippen LogP contribution is 2.28. The minimum atomic E-state index is -0.322. The van der Waals surface area contributed by atoms with Crippen molar-refractivity contribution in [2.75, 3.05) is 11.4 Å². The van der Waals surface area contributed by atoms with Crippen molar-refractivity contribution in [3.63, 3.8) is 0 Å². The van der Waals surface area contributed by atoms with Crippen molar-refractivity contribution in [1.82, 2.24) is 4.98 Å². The summed E-state index contributed by atoms with van der Waals surface area (Å²) >= 11 is 3.34. The van der Waals surface area contributed by atoms with Gasteiger partial charge in [-0.2, -0.15) is 0 Å². The molecule has 2 aromatic rings. The van der Waals surface area contributed by atoms with Crippen LogP contribution in [0.25, 0.3) is 0 Å². The van der Waals surface area contributed by atoms with Crippen molar-refractivity contribution >= 4 is 27.7 Å². The van der Waals surface area contributed by atoms with Gasteiger partial charge in [0.05, 0.1) is 11.4 Å². The number of aromatic nitrogens is 1. The van der Waals surface area contributed by atoms with Gasteiger partial charge >= 0.3 is 6.09 Å². The first kappa shape index (κ1) is 13.1. The maximum Gasteiger partial charge on any atom is 0.414 e. The number of anilines is 1. The lowest BCUT2D eigenvalue weighted by atomic mass is 10.2. The van der Waals surface area contributed by atoms with Gasteiger partial charge in [-0.05, 0) is 33.6 Å². The molecule has 1 aromatic carbocycles. The Morgan fingerprint density at radius 3 is 2.85 bits per heavy atom. The molecule has 0 spiro atoms. The Bertz CT molecular complexity index is 631. The van der Waals surface area contributed by atoms with Crippen LogP contribution in [0.2, 0.25) is 0 Å². The largest absolute Gasteiger partial charge is 0.444 e. The van der Waals surface area contributed by atoms with E-state index in [4.69, 9.17) is 4.74 Å². The van der Waals surface area contributed by atoms with E-state index in [0.29, 0.717) is 6.54 Å². The van der Waals surface area contributed by atoms with E-state index >= 15 is 0 Å². The van der Waals surface area contributed by atoms with Crippen LogP contribution >= 0.6 is 15.9 Å². The molecule has 4 nitrogen and oxygen atoms in total. The number of hydrogen-bond acceptors (Lipinski definition) is 3. The van der Waals surface area contributed by atoms with E-state index in [0.717, 1.165) is 28.0 Å². The number of halogens is 1. The number of pyridine rings is 1. The highest BCUT2D eigenvalue weighted by Gasteiger charge is 2.26. The highest BCUT2D eigenvalue weighted by atomic mass is 79.9. The first-order valence-corrected chi connectivity index (χ1v) is 7.17. The first-order chi connectivity index (χ1) is 9.74. The number of amides is 1. The Labute approximate surface area is 125 Å². The molecule has 0 radical (unpaired) electrons. The maximum absolute atomic E-state index is 12.1. The molecular formula is C15H13BrN2O2. The number of carbonyl (C=O) groups excluding carboxylic acids is 1. The summed E-state index contributed by atoms with van der Waals surface area (Å²) < 4.78 is 6.13. The van der Waals surface area contributed by atoms with Gasteiger partial charge in [-0.1, -0.05) is 30.3 Å². The lowest BCUT2D eigenvalue weighted by Gasteiger charge is -2.16. The average Bonchev–Trinajstić information content (AvgIpc) is 2.89. The Hall–Kier alpha value is -1.88. The summed E-state index contributed by atoms with van der Waals surface area (Å²) in [6, 6.07) is 13.4. The zero-order chi connectivity index (χ0) is 13.9. The minimum Gasteiger partial charge on any atom is -0.444 e. The summed E-state index contributed by atoms with van der Waals surface area (Å²) in [7, 11) is 0. The van der Waals surface area contributed by atoms with Crippen LogP contribution in [-0.4, -0.2) is 17.6 Å². The van der Waals surface area contributed by atoms with Crippen molar-refractivity contribution in [2.45, 2.75) is 13.0 Å². The van der Waals surface area contributed by atoms with Crippen molar-refractivity contribution in [1.29, 1.82) is 0 Å². The van der Waals surface area contributed by atoms with E-state index in [2.05, 4.69) is 20.9 Å². The van der Waals surface area contributed by atoms with Crippen molar-refractivity contribution < 1.29 is 9.53 Å². The van der Waals surface area contributed by atoms with Gasteiger partial charge in [0.2, 0.25) is 0 Å². The van der Waals surface area contributed by atoms with Gasteiger partial charge in [0, 0.05) is 13.0 Å². The third-order valence-electron chi connectivity index (χ3n) is 3.20. The maximum atomic E-state index is 12.1. The first-order valence-electron chi connectivity index (χ1n) is 6.38. The highest BCUT2D eigenvalue weighted by molar-refractivity contribution is 9.10. The molecule has 0 saturated heterocycles. The predicted molar refractivity (Wildman–Crippen MR) is 79.6 cm³/mol. The monoisotopic (exact) mass is 332 g/mol. The van der Waals surface area contributed by atoms with Crippen LogP contribution in [0.3, 0.4) is 0 Å². The molecule has 20 heavy (non-hydrogen) atoms. The number of carbonyl (C=O) groups is 1. The molecule has 1 aliphatic heterocycles. The molecule has 102 valence electrons. The fourth-order valence-corrected chi connectivity index (χ4v) is 2.57. The third-order valence-corrected chi connectivity index (χ3v) is 3.65. The van der Waals surface area contributed by atoms with Gasteiger partial charge in [-0.25, -0.2) is 9.78 Å². The summed E-state index contributed by atoms with van der Waals surface area (Å²) in [5.41, 5.74) is 2.75. The molecule has 0 unspecified atom stereocenters. The number of benzene rings is 1. The van der Waals surface area contributed by atoms with Crippen LogP contribution in [0.1, 0.15) is 11.3 Å². The van der Waals surface area contributed by atoms with E-state index in [1.165, 1.54) is 0 Å². The number of ether oxygens (including phenoxy) is 1. The van der Waals surface area contributed by atoms with Crippen molar-refractivity contribution in [3.05, 3.63) is 58.3 Å². The molecule has 5 heteroatoms. The topological polar surface area (TPSA) is 42.4 Å². The van der Waals surface area contributed by atoms with Gasteiger partial charge < -0.3 is 4.74 Å². The van der Waals surface area contributed by atoms with Crippen LogP contribution in [0.15, 0.2) is 47.1 Å². The fourth-order valence-electron chi connectivity index (χ4n) is 2.22. The van der Waals surface area contributed by atoms with E-state index in [9.17, 15) is 4.79 Å². The SMILES string of the molecule is O=C(OCc1ccccc1)N1CCc2nc(Br)ccc21. The van der Waals surface area contributed by atoms with Crippen LogP contribution in [-0.2, 0) is 17.8 Å². The summed E-state index contributed by atoms with van der Waals surface area (Å²) in [5.74, 6) is 0. The summed E-state index contributed by atoms with van der Waals surface area (Å²) in [6.07, 6.45) is 0.437. The number of rotatable bonds is 2. The number of hydrogen-bond donors (Lipinski definition) is 0. The third kappa shape index (κ3) is 2.67. The molecule has 2 heterocycles. The van der Waals surface area contributed by atoms with E-state index in [1.54, 1.807) is 4.90 Å². The van der Waals surface area contributed by atoms with Gasteiger partial charge in [-0.15, -0.1) is 0 Å². The van der Waals surface area contributed by atoms with Gasteiger partial charge in [0.15, 0.2) is 0 Å². The van der Waals surface area contributed by atoms with E-state index < -0.39 is 0 Å². The van der Waals surface area contributed by atoms with Crippen LogP contribution < -0.4 is 4.90 Å². The minimum absolute atomic E-state index is 0.287.